The van der Waals surface area contributed by atoms with Gasteiger partial charge in [-0.15, -0.1) is 62.9 Å². The van der Waals surface area contributed by atoms with E-state index in [1.165, 1.54) is 34.3 Å². The minimum absolute atomic E-state index is 0. The van der Waals surface area contributed by atoms with E-state index >= 15 is 0 Å². The molecule has 0 bridgehead atoms. The van der Waals surface area contributed by atoms with Crippen molar-refractivity contribution in [1.29, 1.82) is 0 Å². The Morgan fingerprint density at radius 2 is 1.00 bits per heavy atom. The summed E-state index contributed by atoms with van der Waals surface area (Å²) >= 11 is 9.28. The quantitative estimate of drug-likeness (QED) is 0.247. The maximum Gasteiger partial charge on any atom is 0.0108 e. The minimum Gasteiger partial charge on any atom is -0.130 e. The summed E-state index contributed by atoms with van der Waals surface area (Å²) in [5.74, 6) is 0. The second kappa shape index (κ2) is 9.66. The maximum absolute atomic E-state index is 4.64. The molecule has 3 aromatic carbocycles. The average molecular weight is 445 g/mol. The van der Waals surface area contributed by atoms with E-state index in [2.05, 4.69) is 77.8 Å². The number of hydrogen-bond donors (Lipinski definition) is 0. The van der Waals surface area contributed by atoms with Gasteiger partial charge in [-0.1, -0.05) is 36.4 Å². The first kappa shape index (κ1) is 17.8. The second-order valence-electron chi connectivity index (χ2n) is 3.32. The first-order chi connectivity index (χ1) is 8.45. The summed E-state index contributed by atoms with van der Waals surface area (Å²) in [6.07, 6.45) is 2.94. The van der Waals surface area contributed by atoms with Crippen LogP contribution >= 0.6 is 23.2 Å². The van der Waals surface area contributed by atoms with E-state index in [1.807, 2.05) is 0 Å². The average Bonchev–Trinajstić information content (AvgIpc) is 2.82. The molecule has 0 aliphatic rings. The molecule has 3 aromatic rings. The molecule has 0 radical (unpaired) electrons. The van der Waals surface area contributed by atoms with Gasteiger partial charge in [-0.3, -0.25) is 0 Å². The van der Waals surface area contributed by atoms with Crippen LogP contribution < -0.4 is 0 Å². The van der Waals surface area contributed by atoms with E-state index in [9.17, 15) is 0 Å². The van der Waals surface area contributed by atoms with Gasteiger partial charge in [-0.2, -0.15) is 0 Å². The number of hydrogen-bond acceptors (Lipinski definition) is 0. The third-order valence-corrected chi connectivity index (χ3v) is 2.52. The van der Waals surface area contributed by atoms with Crippen LogP contribution in [0.2, 0.25) is 0 Å². The molecule has 0 aromatic heterocycles. The number of fused-ring (bicyclic) bond motifs is 3. The fourth-order valence-electron chi connectivity index (χ4n) is 1.90. The SMILES string of the molecule is CCl.CCl.[Hf].c1ccc2c(c1)[cH-]c1ccccc12. The first-order valence-electron chi connectivity index (χ1n) is 5.24. The number of alkyl halides is 2. The molecular weight excluding hydrogens is 430 g/mol. The summed E-state index contributed by atoms with van der Waals surface area (Å²) in [7, 11) is 0. The smallest absolute Gasteiger partial charge is 0.0108 e. The van der Waals surface area contributed by atoms with Crippen LogP contribution in [-0.4, -0.2) is 12.8 Å². The second-order valence-corrected chi connectivity index (χ2v) is 3.32. The number of benzene rings is 2. The molecule has 0 N–H and O–H groups in total. The van der Waals surface area contributed by atoms with Crippen LogP contribution in [0.1, 0.15) is 0 Å². The Kier molecular flexibility index (Phi) is 9.53. The van der Waals surface area contributed by atoms with Crippen molar-refractivity contribution in [3.05, 3.63) is 54.6 Å². The molecule has 18 heavy (non-hydrogen) atoms. The van der Waals surface area contributed by atoms with Crippen molar-refractivity contribution in [2.24, 2.45) is 0 Å². The molecule has 0 amide bonds. The van der Waals surface area contributed by atoms with Crippen molar-refractivity contribution >= 4 is 44.7 Å². The van der Waals surface area contributed by atoms with Crippen LogP contribution in [-0.2, 0) is 25.8 Å². The van der Waals surface area contributed by atoms with Gasteiger partial charge in [0.25, 0.3) is 0 Å². The third-order valence-electron chi connectivity index (χ3n) is 2.52. The van der Waals surface area contributed by atoms with E-state index in [1.54, 1.807) is 0 Å². The molecule has 0 aliphatic carbocycles. The van der Waals surface area contributed by atoms with Crippen molar-refractivity contribution in [1.82, 2.24) is 0 Å². The van der Waals surface area contributed by atoms with Crippen molar-refractivity contribution < 1.29 is 25.8 Å². The van der Waals surface area contributed by atoms with Gasteiger partial charge in [0, 0.05) is 38.6 Å². The molecule has 3 rings (SSSR count). The molecule has 94 valence electrons. The predicted octanol–water partition coefficient (Wildman–Crippen LogP) is 5.42. The summed E-state index contributed by atoms with van der Waals surface area (Å²) in [6.45, 7) is 0. The van der Waals surface area contributed by atoms with Crippen LogP contribution in [0.15, 0.2) is 54.6 Å². The summed E-state index contributed by atoms with van der Waals surface area (Å²) in [6, 6.07) is 19.3. The fraction of sp³-hybridized carbons (Fsp3) is 0.133. The fourth-order valence-corrected chi connectivity index (χ4v) is 1.90. The molecule has 0 saturated heterocycles. The molecule has 3 heteroatoms. The molecule has 0 saturated carbocycles. The normalized spacial score (nSPS) is 8.67. The number of halogens is 2. The van der Waals surface area contributed by atoms with E-state index in [4.69, 9.17) is 0 Å². The van der Waals surface area contributed by atoms with Gasteiger partial charge in [0.05, 0.1) is 0 Å². The molecule has 0 nitrogen and oxygen atoms in total. The standard InChI is InChI=1S/C13H9.2CH3Cl.Hf/c1-3-7-12-10(5-1)9-11-6-2-4-8-13(11)12;2*1-2;/h1-9H;2*1H3;/q-1;;;. The Hall–Kier alpha value is -0.240. The zero-order chi connectivity index (χ0) is 12.7. The zero-order valence-electron chi connectivity index (χ0n) is 10.5. The van der Waals surface area contributed by atoms with Crippen LogP contribution in [0.5, 0.6) is 0 Å². The molecule has 0 aliphatic heterocycles. The monoisotopic (exact) mass is 445 g/mol. The molecular formula is C15H15Cl2Hf-. The Bertz CT molecular complexity index is 522. The van der Waals surface area contributed by atoms with Crippen molar-refractivity contribution in [3.8, 4) is 0 Å². The van der Waals surface area contributed by atoms with Crippen LogP contribution in [0.3, 0.4) is 0 Å². The summed E-state index contributed by atoms with van der Waals surface area (Å²) < 4.78 is 0. The Labute approximate surface area is 137 Å². The summed E-state index contributed by atoms with van der Waals surface area (Å²) in [4.78, 5) is 0. The van der Waals surface area contributed by atoms with Crippen LogP contribution in [0, 0.1) is 0 Å². The van der Waals surface area contributed by atoms with E-state index in [0.29, 0.717) is 0 Å². The zero-order valence-corrected chi connectivity index (χ0v) is 15.6. The Balaban J connectivity index is 0.000000531. The van der Waals surface area contributed by atoms with Crippen LogP contribution in [0.4, 0.5) is 0 Å². The summed E-state index contributed by atoms with van der Waals surface area (Å²) in [5, 5.41) is 5.39. The minimum atomic E-state index is 0. The van der Waals surface area contributed by atoms with E-state index in [-0.39, 0.29) is 25.8 Å². The molecule has 0 heterocycles. The first-order valence-corrected chi connectivity index (χ1v) is 6.75. The molecule has 0 unspecified atom stereocenters. The molecule has 0 fully saturated rings. The van der Waals surface area contributed by atoms with Crippen molar-refractivity contribution in [2.45, 2.75) is 0 Å². The van der Waals surface area contributed by atoms with E-state index < -0.39 is 0 Å². The Morgan fingerprint density at radius 3 is 1.39 bits per heavy atom. The molecule has 0 atom stereocenters. The number of rotatable bonds is 0. The van der Waals surface area contributed by atoms with Gasteiger partial charge in [-0.05, 0) is 0 Å². The van der Waals surface area contributed by atoms with Gasteiger partial charge >= 0.3 is 0 Å². The van der Waals surface area contributed by atoms with Crippen molar-refractivity contribution in [3.63, 3.8) is 0 Å². The van der Waals surface area contributed by atoms with Gasteiger partial charge in [0.1, 0.15) is 0 Å². The topological polar surface area (TPSA) is 0 Å². The van der Waals surface area contributed by atoms with E-state index in [0.717, 1.165) is 0 Å². The van der Waals surface area contributed by atoms with Gasteiger partial charge in [0.2, 0.25) is 0 Å². The third kappa shape index (κ3) is 3.88. The predicted molar refractivity (Wildman–Crippen MR) is 80.6 cm³/mol. The summed E-state index contributed by atoms with van der Waals surface area (Å²) in [5.41, 5.74) is 0. The van der Waals surface area contributed by atoms with Gasteiger partial charge in [-0.25, -0.2) is 0 Å². The largest absolute Gasteiger partial charge is 0.130 e. The van der Waals surface area contributed by atoms with Crippen molar-refractivity contribution in [2.75, 3.05) is 12.8 Å². The van der Waals surface area contributed by atoms with Crippen LogP contribution in [0.25, 0.3) is 21.5 Å². The molecule has 0 spiro atoms. The van der Waals surface area contributed by atoms with Gasteiger partial charge < -0.3 is 0 Å². The Morgan fingerprint density at radius 1 is 0.667 bits per heavy atom. The van der Waals surface area contributed by atoms with Gasteiger partial charge in [0.15, 0.2) is 0 Å². The maximum atomic E-state index is 4.64.